The van der Waals surface area contributed by atoms with Crippen LogP contribution in [0.25, 0.3) is 0 Å². The Labute approximate surface area is 153 Å². The van der Waals surface area contributed by atoms with E-state index in [1.807, 2.05) is 0 Å². The van der Waals surface area contributed by atoms with Gasteiger partial charge in [-0.05, 0) is 51.1 Å². The van der Waals surface area contributed by atoms with Crippen LogP contribution in [0.5, 0.6) is 0 Å². The zero-order valence-corrected chi connectivity index (χ0v) is 16.1. The molecule has 4 rings (SSSR count). The van der Waals surface area contributed by atoms with Gasteiger partial charge in [0.2, 0.25) is 5.91 Å². The number of hydrogen-bond donors (Lipinski definition) is 0. The highest BCUT2D eigenvalue weighted by Gasteiger charge is 2.43. The van der Waals surface area contributed by atoms with Crippen molar-refractivity contribution in [3.8, 4) is 0 Å². The largest absolute Gasteiger partial charge is 0.341 e. The number of hydrogen-bond acceptors (Lipinski definition) is 4. The van der Waals surface area contributed by atoms with Gasteiger partial charge in [-0.3, -0.25) is 9.69 Å². The third kappa shape index (κ3) is 4.37. The minimum atomic E-state index is 0.376. The Morgan fingerprint density at radius 2 is 1.68 bits per heavy atom. The normalized spacial score (nSPS) is 32.6. The molecule has 142 valence electrons. The van der Waals surface area contributed by atoms with Crippen molar-refractivity contribution in [2.45, 2.75) is 39.0 Å². The first-order valence-electron chi connectivity index (χ1n) is 10.6. The Bertz CT molecular complexity index is 472. The van der Waals surface area contributed by atoms with Crippen molar-refractivity contribution >= 4 is 5.91 Å². The summed E-state index contributed by atoms with van der Waals surface area (Å²) in [5, 5.41) is 0. The van der Waals surface area contributed by atoms with Gasteiger partial charge in [-0.1, -0.05) is 6.92 Å². The zero-order valence-electron chi connectivity index (χ0n) is 16.1. The van der Waals surface area contributed by atoms with Crippen LogP contribution in [0.4, 0.5) is 0 Å². The van der Waals surface area contributed by atoms with Crippen molar-refractivity contribution in [1.82, 2.24) is 19.6 Å². The highest BCUT2D eigenvalue weighted by molar-refractivity contribution is 5.78. The van der Waals surface area contributed by atoms with Crippen molar-refractivity contribution in [3.63, 3.8) is 0 Å². The summed E-state index contributed by atoms with van der Waals surface area (Å²) >= 11 is 0. The van der Waals surface area contributed by atoms with Crippen molar-refractivity contribution in [3.05, 3.63) is 0 Å². The van der Waals surface area contributed by atoms with Gasteiger partial charge in [0.25, 0.3) is 0 Å². The smallest absolute Gasteiger partial charge is 0.236 e. The molecule has 1 atom stereocenters. The van der Waals surface area contributed by atoms with E-state index in [0.29, 0.717) is 17.9 Å². The minimum absolute atomic E-state index is 0.376. The maximum absolute atomic E-state index is 12.8. The van der Waals surface area contributed by atoms with Gasteiger partial charge in [0, 0.05) is 57.8 Å². The summed E-state index contributed by atoms with van der Waals surface area (Å²) in [4.78, 5) is 22.5. The van der Waals surface area contributed by atoms with E-state index >= 15 is 0 Å². The first-order valence-corrected chi connectivity index (χ1v) is 10.6. The molecule has 0 bridgehead atoms. The van der Waals surface area contributed by atoms with E-state index in [2.05, 4.69) is 26.5 Å². The van der Waals surface area contributed by atoms with E-state index in [1.165, 1.54) is 51.7 Å². The number of carbonyl (C=O) groups is 1. The molecule has 5 heteroatoms. The van der Waals surface area contributed by atoms with Gasteiger partial charge in [-0.15, -0.1) is 0 Å². The number of nitrogens with zero attached hydrogens (tertiary/aromatic N) is 4. The number of piperazine rings is 1. The number of rotatable bonds is 5. The predicted octanol–water partition coefficient (Wildman–Crippen LogP) is 1.35. The maximum Gasteiger partial charge on any atom is 0.236 e. The van der Waals surface area contributed by atoms with Crippen LogP contribution in [0.3, 0.4) is 0 Å². The maximum atomic E-state index is 12.8. The fraction of sp³-hybridized carbons (Fsp3) is 0.950. The molecular weight excluding hydrogens is 312 g/mol. The quantitative estimate of drug-likeness (QED) is 0.750. The topological polar surface area (TPSA) is 30.0 Å². The molecule has 1 amide bonds. The molecule has 1 aliphatic carbocycles. The summed E-state index contributed by atoms with van der Waals surface area (Å²) in [6.07, 6.45) is 6.77. The fourth-order valence-electron chi connectivity index (χ4n) is 5.17. The van der Waals surface area contributed by atoms with Gasteiger partial charge in [0.1, 0.15) is 0 Å². The average molecular weight is 349 g/mol. The molecule has 0 aromatic rings. The molecule has 0 radical (unpaired) electrons. The van der Waals surface area contributed by atoms with Crippen molar-refractivity contribution < 1.29 is 4.79 Å². The van der Waals surface area contributed by atoms with E-state index < -0.39 is 0 Å². The molecule has 3 heterocycles. The van der Waals surface area contributed by atoms with Gasteiger partial charge in [0.15, 0.2) is 0 Å². The van der Waals surface area contributed by atoms with E-state index in [4.69, 9.17) is 0 Å². The van der Waals surface area contributed by atoms with Gasteiger partial charge >= 0.3 is 0 Å². The molecule has 1 saturated carbocycles. The third-order valence-corrected chi connectivity index (χ3v) is 7.02. The van der Waals surface area contributed by atoms with Crippen LogP contribution < -0.4 is 0 Å². The number of likely N-dealkylation sites (N-methyl/N-ethyl adjacent to an activating group) is 1. The van der Waals surface area contributed by atoms with E-state index in [-0.39, 0.29) is 0 Å². The highest BCUT2D eigenvalue weighted by atomic mass is 16.2. The molecule has 0 aromatic heterocycles. The number of likely N-dealkylation sites (tertiary alicyclic amines) is 2. The van der Waals surface area contributed by atoms with Crippen LogP contribution in [0.1, 0.15) is 39.0 Å². The Hall–Kier alpha value is -0.650. The average Bonchev–Trinajstić information content (AvgIpc) is 3.35. The van der Waals surface area contributed by atoms with E-state index in [0.717, 1.165) is 51.7 Å². The zero-order chi connectivity index (χ0) is 17.3. The summed E-state index contributed by atoms with van der Waals surface area (Å²) in [5.41, 5.74) is 0.406. The second-order valence-electron chi connectivity index (χ2n) is 9.06. The van der Waals surface area contributed by atoms with Crippen LogP contribution in [0.15, 0.2) is 0 Å². The van der Waals surface area contributed by atoms with Crippen molar-refractivity contribution in [2.75, 3.05) is 72.0 Å². The van der Waals surface area contributed by atoms with Crippen LogP contribution >= 0.6 is 0 Å². The molecule has 0 aromatic carbocycles. The molecule has 0 N–H and O–H groups in total. The number of carbonyl (C=O) groups excluding carboxylic acids is 1. The minimum Gasteiger partial charge on any atom is -0.341 e. The predicted molar refractivity (Wildman–Crippen MR) is 101 cm³/mol. The Morgan fingerprint density at radius 1 is 0.920 bits per heavy atom. The lowest BCUT2D eigenvalue weighted by Gasteiger charge is -2.40. The first-order chi connectivity index (χ1) is 12.2. The highest BCUT2D eigenvalue weighted by Crippen LogP contribution is 2.40. The standard InChI is InChI=1S/C20H36N4O/c1-2-21-10-12-22(13-11-21)15-19(25)24-9-7-20(17-24)6-3-8-23(16-20)14-18-4-5-18/h18H,2-17H2,1H3/t20-/m0/s1. The molecule has 25 heavy (non-hydrogen) atoms. The Balaban J connectivity index is 1.25. The second-order valence-corrected chi connectivity index (χ2v) is 9.06. The third-order valence-electron chi connectivity index (χ3n) is 7.02. The van der Waals surface area contributed by atoms with E-state index in [1.54, 1.807) is 0 Å². The summed E-state index contributed by atoms with van der Waals surface area (Å²) < 4.78 is 0. The van der Waals surface area contributed by atoms with Gasteiger partial charge in [-0.2, -0.15) is 0 Å². The molecule has 4 fully saturated rings. The second kappa shape index (κ2) is 7.53. The molecule has 0 unspecified atom stereocenters. The SMILES string of the molecule is CCN1CCN(CC(=O)N2CC[C@]3(CCCN(CC4CC4)C3)C2)CC1. The Kier molecular flexibility index (Phi) is 5.35. The lowest BCUT2D eigenvalue weighted by Crippen LogP contribution is -2.50. The van der Waals surface area contributed by atoms with Crippen LogP contribution in [0.2, 0.25) is 0 Å². The molecule has 3 aliphatic heterocycles. The van der Waals surface area contributed by atoms with Crippen LogP contribution in [-0.4, -0.2) is 97.5 Å². The van der Waals surface area contributed by atoms with Gasteiger partial charge < -0.3 is 14.7 Å². The molecular formula is C20H36N4O. The van der Waals surface area contributed by atoms with Crippen LogP contribution in [-0.2, 0) is 4.79 Å². The van der Waals surface area contributed by atoms with Gasteiger partial charge in [0.05, 0.1) is 6.54 Å². The Morgan fingerprint density at radius 3 is 2.40 bits per heavy atom. The van der Waals surface area contributed by atoms with Gasteiger partial charge in [-0.25, -0.2) is 0 Å². The van der Waals surface area contributed by atoms with Crippen LogP contribution in [0, 0.1) is 11.3 Å². The fourth-order valence-corrected chi connectivity index (χ4v) is 5.17. The first kappa shape index (κ1) is 17.7. The molecule has 1 spiro atoms. The van der Waals surface area contributed by atoms with E-state index in [9.17, 15) is 4.79 Å². The number of piperidine rings is 1. The molecule has 4 aliphatic rings. The lowest BCUT2D eigenvalue weighted by atomic mass is 9.79. The summed E-state index contributed by atoms with van der Waals surface area (Å²) in [5.74, 6) is 1.36. The monoisotopic (exact) mass is 348 g/mol. The summed E-state index contributed by atoms with van der Waals surface area (Å²) in [6.45, 7) is 14.2. The summed E-state index contributed by atoms with van der Waals surface area (Å²) in [6, 6.07) is 0. The number of amides is 1. The summed E-state index contributed by atoms with van der Waals surface area (Å²) in [7, 11) is 0. The van der Waals surface area contributed by atoms with Crippen molar-refractivity contribution in [1.29, 1.82) is 0 Å². The lowest BCUT2D eigenvalue weighted by molar-refractivity contribution is -0.132. The molecule has 5 nitrogen and oxygen atoms in total. The van der Waals surface area contributed by atoms with Crippen molar-refractivity contribution in [2.24, 2.45) is 11.3 Å². The molecule has 3 saturated heterocycles.